The molecular formula is C14H9N5O. The van der Waals surface area contributed by atoms with Gasteiger partial charge in [0.15, 0.2) is 0 Å². The molecule has 96 valence electrons. The molecule has 2 heterocycles. The van der Waals surface area contributed by atoms with Gasteiger partial charge in [0.05, 0.1) is 11.6 Å². The van der Waals surface area contributed by atoms with E-state index >= 15 is 0 Å². The van der Waals surface area contributed by atoms with E-state index in [4.69, 9.17) is 9.78 Å². The molecule has 20 heavy (non-hydrogen) atoms. The van der Waals surface area contributed by atoms with Crippen molar-refractivity contribution in [3.63, 3.8) is 0 Å². The molecule has 0 aliphatic rings. The summed E-state index contributed by atoms with van der Waals surface area (Å²) in [6.07, 6.45) is 3.23. The summed E-state index contributed by atoms with van der Waals surface area (Å²) < 4.78 is 5.24. The van der Waals surface area contributed by atoms with Crippen molar-refractivity contribution in [1.82, 2.24) is 20.1 Å². The molecule has 0 bridgehead atoms. The molecule has 0 amide bonds. The Bertz CT molecular complexity index is 789. The summed E-state index contributed by atoms with van der Waals surface area (Å²) in [6.45, 7) is 1.89. The molecule has 0 radical (unpaired) electrons. The molecule has 0 N–H and O–H groups in total. The molecule has 0 fully saturated rings. The lowest BCUT2D eigenvalue weighted by atomic mass is 10.1. The predicted octanol–water partition coefficient (Wildman–Crippen LogP) is 2.37. The van der Waals surface area contributed by atoms with E-state index in [2.05, 4.69) is 26.2 Å². The number of rotatable bonds is 2. The van der Waals surface area contributed by atoms with Gasteiger partial charge in [0.2, 0.25) is 11.6 Å². The second-order valence-electron chi connectivity index (χ2n) is 4.14. The number of benzene rings is 1. The first-order valence-corrected chi connectivity index (χ1v) is 5.90. The minimum Gasteiger partial charge on any atom is -0.333 e. The third-order valence-electron chi connectivity index (χ3n) is 2.78. The van der Waals surface area contributed by atoms with Crippen molar-refractivity contribution in [2.45, 2.75) is 6.92 Å². The lowest BCUT2D eigenvalue weighted by molar-refractivity contribution is 0.431. The van der Waals surface area contributed by atoms with E-state index < -0.39 is 0 Å². The van der Waals surface area contributed by atoms with Gasteiger partial charge in [-0.15, -0.1) is 0 Å². The first-order chi connectivity index (χ1) is 9.78. The van der Waals surface area contributed by atoms with Crippen molar-refractivity contribution < 1.29 is 4.52 Å². The zero-order valence-electron chi connectivity index (χ0n) is 10.6. The van der Waals surface area contributed by atoms with Crippen LogP contribution in [0.5, 0.6) is 0 Å². The van der Waals surface area contributed by atoms with Crippen molar-refractivity contribution in [3.05, 3.63) is 47.8 Å². The van der Waals surface area contributed by atoms with E-state index in [1.54, 1.807) is 36.7 Å². The van der Waals surface area contributed by atoms with Gasteiger partial charge in [0.25, 0.3) is 5.89 Å². The molecule has 0 aliphatic heterocycles. The lowest BCUT2D eigenvalue weighted by Crippen LogP contribution is -1.89. The average Bonchev–Trinajstić information content (AvgIpc) is 2.97. The molecule has 0 aliphatic carbocycles. The maximum Gasteiger partial charge on any atom is 0.258 e. The van der Waals surface area contributed by atoms with Crippen LogP contribution in [0.4, 0.5) is 0 Å². The number of hydrogen-bond donors (Lipinski definition) is 0. The summed E-state index contributed by atoms with van der Waals surface area (Å²) in [5, 5.41) is 12.7. The SMILES string of the molecule is Cc1cc(C#N)ccc1-c1nc(-c2ncccn2)no1. The number of nitriles is 1. The van der Waals surface area contributed by atoms with Crippen LogP contribution < -0.4 is 0 Å². The molecule has 6 nitrogen and oxygen atoms in total. The smallest absolute Gasteiger partial charge is 0.258 e. The van der Waals surface area contributed by atoms with Crippen LogP contribution in [0.2, 0.25) is 0 Å². The highest BCUT2D eigenvalue weighted by atomic mass is 16.5. The Morgan fingerprint density at radius 1 is 1.15 bits per heavy atom. The highest BCUT2D eigenvalue weighted by molar-refractivity contribution is 5.61. The summed E-state index contributed by atoms with van der Waals surface area (Å²) >= 11 is 0. The van der Waals surface area contributed by atoms with E-state index in [-0.39, 0.29) is 0 Å². The first-order valence-electron chi connectivity index (χ1n) is 5.90. The lowest BCUT2D eigenvalue weighted by Gasteiger charge is -1.99. The van der Waals surface area contributed by atoms with Gasteiger partial charge in [-0.25, -0.2) is 9.97 Å². The van der Waals surface area contributed by atoms with Crippen LogP contribution in [0.25, 0.3) is 23.1 Å². The Hall–Kier alpha value is -3.07. The predicted molar refractivity (Wildman–Crippen MR) is 70.2 cm³/mol. The topological polar surface area (TPSA) is 88.5 Å². The Kier molecular flexibility index (Phi) is 2.94. The molecule has 6 heteroatoms. The third-order valence-corrected chi connectivity index (χ3v) is 2.78. The van der Waals surface area contributed by atoms with Crippen LogP contribution in [0.3, 0.4) is 0 Å². The van der Waals surface area contributed by atoms with Crippen LogP contribution in [0, 0.1) is 18.3 Å². The minimum absolute atomic E-state index is 0.337. The van der Waals surface area contributed by atoms with Gasteiger partial charge in [0.1, 0.15) is 0 Å². The maximum absolute atomic E-state index is 8.86. The van der Waals surface area contributed by atoms with E-state index in [9.17, 15) is 0 Å². The number of nitrogens with zero attached hydrogens (tertiary/aromatic N) is 5. The summed E-state index contributed by atoms with van der Waals surface area (Å²) in [5.41, 5.74) is 2.28. The molecule has 0 unspecified atom stereocenters. The molecule has 0 saturated carbocycles. The van der Waals surface area contributed by atoms with Crippen molar-refractivity contribution in [3.8, 4) is 29.2 Å². The zero-order chi connectivity index (χ0) is 13.9. The second kappa shape index (κ2) is 4.90. The number of hydrogen-bond acceptors (Lipinski definition) is 6. The highest BCUT2D eigenvalue weighted by Gasteiger charge is 2.14. The van der Waals surface area contributed by atoms with Crippen LogP contribution in [0.15, 0.2) is 41.2 Å². The fraction of sp³-hybridized carbons (Fsp3) is 0.0714. The molecule has 2 aromatic heterocycles. The fourth-order valence-electron chi connectivity index (χ4n) is 1.81. The highest BCUT2D eigenvalue weighted by Crippen LogP contribution is 2.24. The van der Waals surface area contributed by atoms with Gasteiger partial charge in [-0.3, -0.25) is 0 Å². The summed E-state index contributed by atoms with van der Waals surface area (Å²) in [7, 11) is 0. The van der Waals surface area contributed by atoms with Gasteiger partial charge in [-0.05, 0) is 36.8 Å². The van der Waals surface area contributed by atoms with E-state index in [0.29, 0.717) is 23.1 Å². The number of aromatic nitrogens is 4. The van der Waals surface area contributed by atoms with Crippen molar-refractivity contribution in [1.29, 1.82) is 5.26 Å². The molecule has 3 aromatic rings. The maximum atomic E-state index is 8.86. The normalized spacial score (nSPS) is 10.2. The standard InChI is InChI=1S/C14H9N5O/c1-9-7-10(8-15)3-4-11(9)14-18-13(19-20-14)12-16-5-2-6-17-12/h2-7H,1H3. The van der Waals surface area contributed by atoms with Crippen LogP contribution in [-0.2, 0) is 0 Å². The Morgan fingerprint density at radius 2 is 1.95 bits per heavy atom. The zero-order valence-corrected chi connectivity index (χ0v) is 10.6. The van der Waals surface area contributed by atoms with Crippen molar-refractivity contribution in [2.75, 3.05) is 0 Å². The second-order valence-corrected chi connectivity index (χ2v) is 4.14. The van der Waals surface area contributed by atoms with Crippen LogP contribution in [0.1, 0.15) is 11.1 Å². The largest absolute Gasteiger partial charge is 0.333 e. The van der Waals surface area contributed by atoms with E-state index in [1.165, 1.54) is 0 Å². The van der Waals surface area contributed by atoms with E-state index in [0.717, 1.165) is 11.1 Å². The van der Waals surface area contributed by atoms with Gasteiger partial charge < -0.3 is 4.52 Å². The summed E-state index contributed by atoms with van der Waals surface area (Å²) in [5.74, 6) is 1.13. The molecule has 0 saturated heterocycles. The monoisotopic (exact) mass is 263 g/mol. The molecule has 0 atom stereocenters. The summed E-state index contributed by atoms with van der Waals surface area (Å²) in [4.78, 5) is 12.4. The molecule has 1 aromatic carbocycles. The molecule has 3 rings (SSSR count). The van der Waals surface area contributed by atoms with Gasteiger partial charge in [0, 0.05) is 18.0 Å². The molecular weight excluding hydrogens is 254 g/mol. The third kappa shape index (κ3) is 2.12. The molecule has 0 spiro atoms. The van der Waals surface area contributed by atoms with Gasteiger partial charge in [-0.2, -0.15) is 10.2 Å². The Labute approximate surface area is 114 Å². The Morgan fingerprint density at radius 3 is 2.65 bits per heavy atom. The van der Waals surface area contributed by atoms with Crippen molar-refractivity contribution >= 4 is 0 Å². The van der Waals surface area contributed by atoms with Crippen molar-refractivity contribution in [2.24, 2.45) is 0 Å². The van der Waals surface area contributed by atoms with Crippen LogP contribution >= 0.6 is 0 Å². The van der Waals surface area contributed by atoms with Crippen LogP contribution in [-0.4, -0.2) is 20.1 Å². The summed E-state index contributed by atoms with van der Waals surface area (Å²) in [6, 6.07) is 9.09. The van der Waals surface area contributed by atoms with Gasteiger partial charge in [-0.1, -0.05) is 5.16 Å². The average molecular weight is 263 g/mol. The first kappa shape index (κ1) is 12.0. The minimum atomic E-state index is 0.337. The Balaban J connectivity index is 2.01. The number of aryl methyl sites for hydroxylation is 1. The quantitative estimate of drug-likeness (QED) is 0.705. The fourth-order valence-corrected chi connectivity index (χ4v) is 1.81. The van der Waals surface area contributed by atoms with E-state index in [1.807, 2.05) is 6.92 Å². The van der Waals surface area contributed by atoms with Gasteiger partial charge >= 0.3 is 0 Å².